The van der Waals surface area contributed by atoms with Gasteiger partial charge in [0.05, 0.1) is 12.1 Å². The Balaban J connectivity index is 2.48. The summed E-state index contributed by atoms with van der Waals surface area (Å²) >= 11 is 0. The van der Waals surface area contributed by atoms with Crippen molar-refractivity contribution in [2.75, 3.05) is 25.5 Å². The lowest BCUT2D eigenvalue weighted by Crippen LogP contribution is -2.24. The monoisotopic (exact) mass is 261 g/mol. The summed E-state index contributed by atoms with van der Waals surface area (Å²) in [5.41, 5.74) is 1.70. The van der Waals surface area contributed by atoms with Gasteiger partial charge in [-0.2, -0.15) is 13.2 Å². The summed E-state index contributed by atoms with van der Waals surface area (Å²) in [4.78, 5) is 5.76. The lowest BCUT2D eigenvalue weighted by molar-refractivity contribution is -0.137. The third-order valence-corrected chi connectivity index (χ3v) is 2.41. The molecule has 18 heavy (non-hydrogen) atoms. The van der Waals surface area contributed by atoms with E-state index in [4.69, 9.17) is 0 Å². The molecule has 0 saturated carbocycles. The molecule has 3 nitrogen and oxygen atoms in total. The van der Waals surface area contributed by atoms with E-state index in [1.165, 1.54) is 0 Å². The molecule has 1 aromatic rings. The number of anilines is 1. The van der Waals surface area contributed by atoms with Crippen LogP contribution in [0.2, 0.25) is 0 Å². The van der Waals surface area contributed by atoms with Crippen LogP contribution in [0, 0.1) is 0 Å². The molecule has 0 fully saturated rings. The highest BCUT2D eigenvalue weighted by molar-refractivity contribution is 5.42. The molecule has 0 aliphatic rings. The maximum absolute atomic E-state index is 12.1. The molecule has 0 unspecified atom stereocenters. The van der Waals surface area contributed by atoms with Crippen LogP contribution in [0.25, 0.3) is 0 Å². The van der Waals surface area contributed by atoms with Crippen LogP contribution in [0.3, 0.4) is 0 Å². The molecule has 0 bridgehead atoms. The third-order valence-electron chi connectivity index (χ3n) is 2.41. The third kappa shape index (κ3) is 5.86. The fourth-order valence-electron chi connectivity index (χ4n) is 1.55. The summed E-state index contributed by atoms with van der Waals surface area (Å²) < 4.78 is 36.2. The summed E-state index contributed by atoms with van der Waals surface area (Å²) in [6, 6.07) is 3.69. The van der Waals surface area contributed by atoms with Crippen LogP contribution in [-0.4, -0.2) is 36.2 Å². The Bertz CT molecular complexity index is 366. The van der Waals surface area contributed by atoms with E-state index in [2.05, 4.69) is 10.3 Å². The number of hydrogen-bond acceptors (Lipinski definition) is 3. The molecule has 0 saturated heterocycles. The van der Waals surface area contributed by atoms with Crippen molar-refractivity contribution in [1.82, 2.24) is 9.88 Å². The Morgan fingerprint density at radius 3 is 2.72 bits per heavy atom. The Kier molecular flexibility index (Phi) is 5.40. The molecular weight excluding hydrogens is 243 g/mol. The lowest BCUT2D eigenvalue weighted by Gasteiger charge is -2.17. The first kappa shape index (κ1) is 14.8. The lowest BCUT2D eigenvalue weighted by atomic mass is 10.3. The summed E-state index contributed by atoms with van der Waals surface area (Å²) in [7, 11) is 1.66. The number of rotatable bonds is 6. The van der Waals surface area contributed by atoms with Crippen LogP contribution in [-0.2, 0) is 6.54 Å². The minimum absolute atomic E-state index is 0.0172. The summed E-state index contributed by atoms with van der Waals surface area (Å²) in [6.45, 7) is 3.18. The molecule has 0 radical (unpaired) electrons. The molecule has 1 aromatic heterocycles. The predicted octanol–water partition coefficient (Wildman–Crippen LogP) is 2.90. The van der Waals surface area contributed by atoms with E-state index < -0.39 is 12.6 Å². The van der Waals surface area contributed by atoms with Crippen LogP contribution in [0.4, 0.5) is 18.9 Å². The molecule has 0 atom stereocenters. The molecule has 0 amide bonds. The number of halogens is 3. The quantitative estimate of drug-likeness (QED) is 0.853. The van der Waals surface area contributed by atoms with Crippen molar-refractivity contribution >= 4 is 5.69 Å². The van der Waals surface area contributed by atoms with Gasteiger partial charge < -0.3 is 10.2 Å². The average molecular weight is 261 g/mol. The van der Waals surface area contributed by atoms with Crippen LogP contribution in [0.5, 0.6) is 0 Å². The second kappa shape index (κ2) is 6.58. The number of hydrogen-bond donors (Lipinski definition) is 1. The first-order valence-corrected chi connectivity index (χ1v) is 5.85. The van der Waals surface area contributed by atoms with Gasteiger partial charge in [-0.15, -0.1) is 0 Å². The zero-order valence-electron chi connectivity index (χ0n) is 10.6. The SMILES string of the molecule is CCNc1ccnc(CN(C)CCC(F)(F)F)c1. The van der Waals surface area contributed by atoms with E-state index in [1.807, 2.05) is 19.1 Å². The average Bonchev–Trinajstić information content (AvgIpc) is 2.26. The molecule has 0 aliphatic carbocycles. The van der Waals surface area contributed by atoms with E-state index >= 15 is 0 Å². The number of pyridine rings is 1. The van der Waals surface area contributed by atoms with E-state index in [9.17, 15) is 13.2 Å². The maximum atomic E-state index is 12.1. The van der Waals surface area contributed by atoms with Gasteiger partial charge in [0.1, 0.15) is 0 Å². The zero-order chi connectivity index (χ0) is 13.6. The fraction of sp³-hybridized carbons (Fsp3) is 0.583. The van der Waals surface area contributed by atoms with Gasteiger partial charge in [0.25, 0.3) is 0 Å². The van der Waals surface area contributed by atoms with E-state index in [1.54, 1.807) is 18.1 Å². The Hall–Kier alpha value is -1.30. The van der Waals surface area contributed by atoms with Gasteiger partial charge in [-0.05, 0) is 26.1 Å². The topological polar surface area (TPSA) is 28.2 Å². The molecule has 0 aliphatic heterocycles. The smallest absolute Gasteiger partial charge is 0.385 e. The minimum atomic E-state index is -4.10. The highest BCUT2D eigenvalue weighted by Crippen LogP contribution is 2.20. The van der Waals surface area contributed by atoms with Crippen LogP contribution < -0.4 is 5.32 Å². The Morgan fingerprint density at radius 2 is 2.11 bits per heavy atom. The predicted molar refractivity (Wildman–Crippen MR) is 65.4 cm³/mol. The summed E-state index contributed by atoms with van der Waals surface area (Å²) in [5.74, 6) is 0. The first-order valence-electron chi connectivity index (χ1n) is 5.85. The minimum Gasteiger partial charge on any atom is -0.385 e. The van der Waals surface area contributed by atoms with Gasteiger partial charge in [-0.3, -0.25) is 4.98 Å². The summed E-state index contributed by atoms with van der Waals surface area (Å²) in [5, 5.41) is 3.14. The van der Waals surface area contributed by atoms with Crippen molar-refractivity contribution < 1.29 is 13.2 Å². The molecule has 1 N–H and O–H groups in total. The van der Waals surface area contributed by atoms with Crippen molar-refractivity contribution in [2.24, 2.45) is 0 Å². The number of nitrogens with one attached hydrogen (secondary N) is 1. The van der Waals surface area contributed by atoms with Gasteiger partial charge in [0, 0.05) is 31.5 Å². The van der Waals surface area contributed by atoms with Gasteiger partial charge in [0.15, 0.2) is 0 Å². The van der Waals surface area contributed by atoms with Gasteiger partial charge >= 0.3 is 6.18 Å². The van der Waals surface area contributed by atoms with E-state index in [-0.39, 0.29) is 6.54 Å². The van der Waals surface area contributed by atoms with E-state index in [0.717, 1.165) is 17.9 Å². The molecule has 1 rings (SSSR count). The first-order chi connectivity index (χ1) is 8.40. The van der Waals surface area contributed by atoms with Gasteiger partial charge in [-0.25, -0.2) is 0 Å². The van der Waals surface area contributed by atoms with Gasteiger partial charge in [0.2, 0.25) is 0 Å². The van der Waals surface area contributed by atoms with Crippen molar-refractivity contribution in [3.05, 3.63) is 24.0 Å². The number of aromatic nitrogens is 1. The largest absolute Gasteiger partial charge is 0.390 e. The molecule has 0 spiro atoms. The Labute approximate surface area is 105 Å². The second-order valence-electron chi connectivity index (χ2n) is 4.17. The molecule has 102 valence electrons. The van der Waals surface area contributed by atoms with Crippen molar-refractivity contribution in [2.45, 2.75) is 26.1 Å². The van der Waals surface area contributed by atoms with Crippen LogP contribution in [0.15, 0.2) is 18.3 Å². The standard InChI is InChI=1S/C12H18F3N3/c1-3-16-10-4-6-17-11(8-10)9-18(2)7-5-12(13,14)15/h4,6,8H,3,5,7,9H2,1-2H3,(H,16,17). The Morgan fingerprint density at radius 1 is 1.39 bits per heavy atom. The van der Waals surface area contributed by atoms with Gasteiger partial charge in [-0.1, -0.05) is 0 Å². The van der Waals surface area contributed by atoms with Crippen LogP contribution >= 0.6 is 0 Å². The zero-order valence-corrected chi connectivity index (χ0v) is 10.6. The van der Waals surface area contributed by atoms with Crippen molar-refractivity contribution in [3.63, 3.8) is 0 Å². The highest BCUT2D eigenvalue weighted by atomic mass is 19.4. The number of alkyl halides is 3. The second-order valence-corrected chi connectivity index (χ2v) is 4.17. The van der Waals surface area contributed by atoms with Crippen LogP contribution in [0.1, 0.15) is 19.0 Å². The maximum Gasteiger partial charge on any atom is 0.390 e. The van der Waals surface area contributed by atoms with Crippen molar-refractivity contribution in [1.29, 1.82) is 0 Å². The number of nitrogens with zero attached hydrogens (tertiary/aromatic N) is 2. The van der Waals surface area contributed by atoms with Crippen molar-refractivity contribution in [3.8, 4) is 0 Å². The molecule has 1 heterocycles. The highest BCUT2D eigenvalue weighted by Gasteiger charge is 2.27. The van der Waals surface area contributed by atoms with E-state index in [0.29, 0.717) is 6.54 Å². The summed E-state index contributed by atoms with van der Waals surface area (Å²) in [6.07, 6.45) is -3.24. The molecular formula is C12H18F3N3. The fourth-order valence-corrected chi connectivity index (χ4v) is 1.55. The molecule has 6 heteroatoms. The molecule has 0 aromatic carbocycles. The normalized spacial score (nSPS) is 11.9.